The molecule has 7 nitrogen and oxygen atoms in total. The maximum absolute atomic E-state index is 12.7. The molecule has 2 fully saturated rings. The fraction of sp³-hybridized carbons (Fsp3) is 0.500. The van der Waals surface area contributed by atoms with Gasteiger partial charge in [0.25, 0.3) is 11.8 Å². The summed E-state index contributed by atoms with van der Waals surface area (Å²) in [6.07, 6.45) is 0.209. The first kappa shape index (κ1) is 17.3. The summed E-state index contributed by atoms with van der Waals surface area (Å²) in [4.78, 5) is 37.7. The minimum atomic E-state index is -0.870. The van der Waals surface area contributed by atoms with Crippen molar-refractivity contribution >= 4 is 17.8 Å². The molecule has 0 unspecified atom stereocenters. The Morgan fingerprint density at radius 3 is 2.52 bits per heavy atom. The Balaban J connectivity index is 1.61. The Bertz CT molecular complexity index is 723. The van der Waals surface area contributed by atoms with E-state index in [2.05, 4.69) is 10.6 Å². The van der Waals surface area contributed by atoms with Crippen molar-refractivity contribution in [2.45, 2.75) is 45.3 Å². The van der Waals surface area contributed by atoms with E-state index < -0.39 is 17.7 Å². The quantitative estimate of drug-likeness (QED) is 0.808. The number of benzene rings is 1. The van der Waals surface area contributed by atoms with Gasteiger partial charge >= 0.3 is 6.03 Å². The van der Waals surface area contributed by atoms with Crippen LogP contribution < -0.4 is 15.4 Å². The number of nitrogens with zero attached hydrogens (tertiary/aromatic N) is 1. The third-order valence-electron chi connectivity index (χ3n) is 5.15. The second-order valence-electron chi connectivity index (χ2n) is 6.77. The minimum Gasteiger partial charge on any atom is -0.481 e. The van der Waals surface area contributed by atoms with Crippen molar-refractivity contribution in [2.24, 2.45) is 0 Å². The normalized spacial score (nSPS) is 20.2. The van der Waals surface area contributed by atoms with Crippen LogP contribution in [0.25, 0.3) is 0 Å². The van der Waals surface area contributed by atoms with Crippen LogP contribution >= 0.6 is 0 Å². The molecule has 0 aliphatic carbocycles. The van der Waals surface area contributed by atoms with Crippen LogP contribution in [0.4, 0.5) is 4.79 Å². The number of nitrogens with one attached hydrogen (secondary N) is 2. The lowest BCUT2D eigenvalue weighted by Crippen LogP contribution is -2.57. The smallest absolute Gasteiger partial charge is 0.322 e. The largest absolute Gasteiger partial charge is 0.481 e. The van der Waals surface area contributed by atoms with Crippen molar-refractivity contribution in [1.82, 2.24) is 15.5 Å². The number of ether oxygens (including phenoxy) is 1. The van der Waals surface area contributed by atoms with E-state index in [9.17, 15) is 14.4 Å². The number of amides is 4. The molecule has 4 amide bonds. The topological polar surface area (TPSA) is 87.7 Å². The van der Waals surface area contributed by atoms with Crippen LogP contribution in [0, 0.1) is 13.8 Å². The van der Waals surface area contributed by atoms with E-state index in [1.807, 2.05) is 32.0 Å². The fourth-order valence-electron chi connectivity index (χ4n) is 3.34. The molecule has 0 aromatic heterocycles. The van der Waals surface area contributed by atoms with Gasteiger partial charge in [0.1, 0.15) is 11.3 Å². The van der Waals surface area contributed by atoms with Crippen molar-refractivity contribution < 1.29 is 19.1 Å². The highest BCUT2D eigenvalue weighted by Gasteiger charge is 2.48. The number of carbonyl (C=O) groups excluding carboxylic acids is 3. The average molecular weight is 345 g/mol. The lowest BCUT2D eigenvalue weighted by Gasteiger charge is -2.37. The standard InChI is InChI=1S/C18H23N3O4/c1-11-5-4-6-14(12(11)2)25-13(3)15(22)21-9-7-18(8-10-21)16(23)19-17(24)20-18/h4-6,13H,7-10H2,1-3H3,(H2,19,20,23,24)/t13-/m1/s1. The zero-order valence-corrected chi connectivity index (χ0v) is 14.7. The minimum absolute atomic E-state index is 0.111. The Hall–Kier alpha value is -2.57. The van der Waals surface area contributed by atoms with E-state index in [0.717, 1.165) is 11.1 Å². The number of imide groups is 1. The summed E-state index contributed by atoms with van der Waals surface area (Å²) in [6, 6.07) is 5.30. The summed E-state index contributed by atoms with van der Waals surface area (Å²) < 4.78 is 5.86. The number of urea groups is 1. The molecule has 1 aromatic rings. The van der Waals surface area contributed by atoms with E-state index in [1.165, 1.54) is 0 Å². The molecule has 7 heteroatoms. The third kappa shape index (κ3) is 3.18. The van der Waals surface area contributed by atoms with Gasteiger partial charge in [-0.15, -0.1) is 0 Å². The van der Waals surface area contributed by atoms with Gasteiger partial charge in [0, 0.05) is 13.1 Å². The van der Waals surface area contributed by atoms with E-state index >= 15 is 0 Å². The van der Waals surface area contributed by atoms with Gasteiger partial charge in [-0.1, -0.05) is 12.1 Å². The van der Waals surface area contributed by atoms with Crippen molar-refractivity contribution in [3.8, 4) is 5.75 Å². The Kier molecular flexibility index (Phi) is 4.41. The highest BCUT2D eigenvalue weighted by atomic mass is 16.5. The maximum atomic E-state index is 12.7. The Morgan fingerprint density at radius 1 is 1.24 bits per heavy atom. The molecule has 2 aliphatic heterocycles. The van der Waals surface area contributed by atoms with Crippen molar-refractivity contribution in [2.75, 3.05) is 13.1 Å². The molecule has 0 bridgehead atoms. The number of hydrogen-bond donors (Lipinski definition) is 2. The first-order chi connectivity index (χ1) is 11.8. The lowest BCUT2D eigenvalue weighted by molar-refractivity contribution is -0.141. The fourth-order valence-corrected chi connectivity index (χ4v) is 3.34. The van der Waals surface area contributed by atoms with Crippen LogP contribution in [0.3, 0.4) is 0 Å². The SMILES string of the molecule is Cc1cccc(O[C@H](C)C(=O)N2CCC3(CC2)NC(=O)NC3=O)c1C. The number of piperidine rings is 1. The second-order valence-corrected chi connectivity index (χ2v) is 6.77. The summed E-state index contributed by atoms with van der Waals surface area (Å²) in [7, 11) is 0. The predicted molar refractivity (Wildman–Crippen MR) is 91.2 cm³/mol. The highest BCUT2D eigenvalue weighted by Crippen LogP contribution is 2.27. The lowest BCUT2D eigenvalue weighted by atomic mass is 9.87. The number of carbonyl (C=O) groups is 3. The molecule has 2 heterocycles. The Morgan fingerprint density at radius 2 is 1.92 bits per heavy atom. The first-order valence-corrected chi connectivity index (χ1v) is 8.48. The zero-order chi connectivity index (χ0) is 18.2. The van der Waals surface area contributed by atoms with Crippen molar-refractivity contribution in [3.05, 3.63) is 29.3 Å². The van der Waals surface area contributed by atoms with Crippen LogP contribution in [0.1, 0.15) is 30.9 Å². The molecule has 0 saturated carbocycles. The summed E-state index contributed by atoms with van der Waals surface area (Å²) in [5.41, 5.74) is 1.26. The molecule has 1 spiro atoms. The van der Waals surface area contributed by atoms with Crippen molar-refractivity contribution in [1.29, 1.82) is 0 Å². The highest BCUT2D eigenvalue weighted by molar-refractivity contribution is 6.07. The van der Waals surface area contributed by atoms with Gasteiger partial charge in [0.2, 0.25) is 0 Å². The van der Waals surface area contributed by atoms with Gasteiger partial charge in [0.15, 0.2) is 6.10 Å². The molecule has 134 valence electrons. The van der Waals surface area contributed by atoms with Gasteiger partial charge in [0.05, 0.1) is 0 Å². The molecule has 3 rings (SSSR count). The van der Waals surface area contributed by atoms with Gasteiger partial charge in [-0.25, -0.2) is 4.79 Å². The van der Waals surface area contributed by atoms with Crippen LogP contribution in [0.15, 0.2) is 18.2 Å². The van der Waals surface area contributed by atoms with E-state index in [0.29, 0.717) is 31.7 Å². The van der Waals surface area contributed by atoms with E-state index in [1.54, 1.807) is 11.8 Å². The average Bonchev–Trinajstić information content (AvgIpc) is 2.85. The summed E-state index contributed by atoms with van der Waals surface area (Å²) >= 11 is 0. The second kappa shape index (κ2) is 6.38. The molecule has 2 aliphatic rings. The van der Waals surface area contributed by atoms with Gasteiger partial charge in [-0.3, -0.25) is 14.9 Å². The number of likely N-dealkylation sites (tertiary alicyclic amines) is 1. The molecule has 2 N–H and O–H groups in total. The van der Waals surface area contributed by atoms with Crippen molar-refractivity contribution in [3.63, 3.8) is 0 Å². The van der Waals surface area contributed by atoms with Crippen LogP contribution in [-0.4, -0.2) is 47.5 Å². The van der Waals surface area contributed by atoms with Crippen LogP contribution in [-0.2, 0) is 9.59 Å². The van der Waals surface area contributed by atoms with E-state index in [-0.39, 0.29) is 11.8 Å². The molecule has 25 heavy (non-hydrogen) atoms. The third-order valence-corrected chi connectivity index (χ3v) is 5.15. The molecular weight excluding hydrogens is 322 g/mol. The number of rotatable bonds is 3. The molecular formula is C18H23N3O4. The summed E-state index contributed by atoms with van der Waals surface area (Å²) in [5.74, 6) is 0.293. The summed E-state index contributed by atoms with van der Waals surface area (Å²) in [5, 5.41) is 4.96. The van der Waals surface area contributed by atoms with Crippen LogP contribution in [0.2, 0.25) is 0 Å². The van der Waals surface area contributed by atoms with E-state index in [4.69, 9.17) is 4.74 Å². The van der Waals surface area contributed by atoms with Gasteiger partial charge < -0.3 is 15.0 Å². The maximum Gasteiger partial charge on any atom is 0.322 e. The monoisotopic (exact) mass is 345 g/mol. The predicted octanol–water partition coefficient (Wildman–Crippen LogP) is 1.27. The van der Waals surface area contributed by atoms with Gasteiger partial charge in [-0.2, -0.15) is 0 Å². The molecule has 1 atom stereocenters. The molecule has 2 saturated heterocycles. The molecule has 0 radical (unpaired) electrons. The summed E-state index contributed by atoms with van der Waals surface area (Å²) in [6.45, 7) is 6.52. The van der Waals surface area contributed by atoms with Gasteiger partial charge in [-0.05, 0) is 50.8 Å². The number of hydrogen-bond acceptors (Lipinski definition) is 4. The molecule has 1 aromatic carbocycles. The number of aryl methyl sites for hydroxylation is 1. The zero-order valence-electron chi connectivity index (χ0n) is 14.7. The Labute approximate surface area is 146 Å². The van der Waals surface area contributed by atoms with Crippen LogP contribution in [0.5, 0.6) is 5.75 Å². The first-order valence-electron chi connectivity index (χ1n) is 8.48.